The Morgan fingerprint density at radius 1 is 0.680 bits per heavy atom. The second kappa shape index (κ2) is 8.41. The molecule has 25 heavy (non-hydrogen) atoms. The fourth-order valence-electron chi connectivity index (χ4n) is 2.35. The zero-order chi connectivity index (χ0) is 17.6. The lowest BCUT2D eigenvalue weighted by Gasteiger charge is -2.16. The summed E-state index contributed by atoms with van der Waals surface area (Å²) in [7, 11) is 0. The first-order valence-electron chi connectivity index (χ1n) is 8.18. The van der Waals surface area contributed by atoms with Crippen molar-refractivity contribution in [3.05, 3.63) is 95.6 Å². The maximum absolute atomic E-state index is 13.0. The maximum Gasteiger partial charge on any atom is 0.186 e. The van der Waals surface area contributed by atoms with Crippen LogP contribution in [0, 0.1) is 13.8 Å². The SMILES string of the molecule is Cc1ccc(SC(Sc2ccc(C)cc2)C(=O)c2ccccc2)cc1. The summed E-state index contributed by atoms with van der Waals surface area (Å²) in [6, 6.07) is 26.2. The van der Waals surface area contributed by atoms with Gasteiger partial charge in [0.25, 0.3) is 0 Å². The number of thioether (sulfide) groups is 2. The predicted octanol–water partition coefficient (Wildman–Crippen LogP) is 6.40. The van der Waals surface area contributed by atoms with Crippen molar-refractivity contribution in [1.29, 1.82) is 0 Å². The van der Waals surface area contributed by atoms with Gasteiger partial charge in [-0.1, -0.05) is 65.7 Å². The van der Waals surface area contributed by atoms with Crippen molar-refractivity contribution in [1.82, 2.24) is 0 Å². The summed E-state index contributed by atoms with van der Waals surface area (Å²) in [6.45, 7) is 4.14. The van der Waals surface area contributed by atoms with Crippen LogP contribution in [0.4, 0.5) is 0 Å². The van der Waals surface area contributed by atoms with E-state index in [4.69, 9.17) is 0 Å². The number of hydrogen-bond donors (Lipinski definition) is 0. The van der Waals surface area contributed by atoms with Crippen LogP contribution in [-0.2, 0) is 0 Å². The Kier molecular flexibility index (Phi) is 6.00. The van der Waals surface area contributed by atoms with E-state index in [1.807, 2.05) is 30.3 Å². The van der Waals surface area contributed by atoms with Crippen LogP contribution in [0.5, 0.6) is 0 Å². The molecule has 0 unspecified atom stereocenters. The summed E-state index contributed by atoms with van der Waals surface area (Å²) in [4.78, 5) is 15.3. The number of benzene rings is 3. The van der Waals surface area contributed by atoms with Crippen molar-refractivity contribution in [3.8, 4) is 0 Å². The van der Waals surface area contributed by atoms with Crippen LogP contribution in [0.2, 0.25) is 0 Å². The molecule has 0 aliphatic heterocycles. The molecule has 0 N–H and O–H groups in total. The van der Waals surface area contributed by atoms with Gasteiger partial charge in [-0.3, -0.25) is 4.79 Å². The van der Waals surface area contributed by atoms with Gasteiger partial charge in [0, 0.05) is 15.4 Å². The van der Waals surface area contributed by atoms with Gasteiger partial charge < -0.3 is 0 Å². The number of carbonyl (C=O) groups excluding carboxylic acids is 1. The van der Waals surface area contributed by atoms with E-state index >= 15 is 0 Å². The molecule has 0 amide bonds. The summed E-state index contributed by atoms with van der Waals surface area (Å²) in [5.74, 6) is 0.150. The maximum atomic E-state index is 13.0. The molecule has 0 fully saturated rings. The summed E-state index contributed by atoms with van der Waals surface area (Å²) >= 11 is 3.23. The highest BCUT2D eigenvalue weighted by Crippen LogP contribution is 2.37. The molecule has 126 valence electrons. The largest absolute Gasteiger partial charge is 0.292 e. The first kappa shape index (κ1) is 17.8. The van der Waals surface area contributed by atoms with E-state index in [-0.39, 0.29) is 10.4 Å². The smallest absolute Gasteiger partial charge is 0.186 e. The molecular formula is C22H20OS2. The Bertz CT molecular complexity index is 777. The lowest BCUT2D eigenvalue weighted by molar-refractivity contribution is 0.101. The minimum absolute atomic E-state index is 0.150. The fourth-order valence-corrected chi connectivity index (χ4v) is 4.78. The van der Waals surface area contributed by atoms with E-state index in [0.29, 0.717) is 0 Å². The van der Waals surface area contributed by atoms with Gasteiger partial charge in [0.1, 0.15) is 4.58 Å². The molecule has 3 aromatic carbocycles. The van der Waals surface area contributed by atoms with Gasteiger partial charge >= 0.3 is 0 Å². The molecule has 3 heteroatoms. The molecular weight excluding hydrogens is 344 g/mol. The molecule has 0 saturated heterocycles. The summed E-state index contributed by atoms with van der Waals surface area (Å²) in [5.41, 5.74) is 3.20. The lowest BCUT2D eigenvalue weighted by Crippen LogP contribution is -2.13. The zero-order valence-electron chi connectivity index (χ0n) is 14.3. The van der Waals surface area contributed by atoms with E-state index in [9.17, 15) is 4.79 Å². The molecule has 0 radical (unpaired) electrons. The topological polar surface area (TPSA) is 17.1 Å². The normalized spacial score (nSPS) is 10.8. The monoisotopic (exact) mass is 364 g/mol. The molecule has 0 bridgehead atoms. The van der Waals surface area contributed by atoms with Crippen molar-refractivity contribution in [2.45, 2.75) is 28.2 Å². The Balaban J connectivity index is 1.85. The van der Waals surface area contributed by atoms with Crippen molar-refractivity contribution < 1.29 is 4.79 Å². The number of ketones is 1. The first-order valence-corrected chi connectivity index (χ1v) is 9.94. The minimum atomic E-state index is -0.215. The highest BCUT2D eigenvalue weighted by molar-refractivity contribution is 8.18. The van der Waals surface area contributed by atoms with E-state index in [0.717, 1.165) is 15.4 Å². The fraction of sp³-hybridized carbons (Fsp3) is 0.136. The molecule has 0 heterocycles. The molecule has 1 nitrogen and oxygen atoms in total. The standard InChI is InChI=1S/C22H20OS2/c1-16-8-12-19(13-9-16)24-22(21(23)18-6-4-3-5-7-18)25-20-14-10-17(2)11-15-20/h3-15,22H,1-2H3. The molecule has 0 atom stereocenters. The third kappa shape index (κ3) is 5.00. The van der Waals surface area contributed by atoms with Gasteiger partial charge in [-0.05, 0) is 38.1 Å². The van der Waals surface area contributed by atoms with Gasteiger partial charge in [0.2, 0.25) is 0 Å². The third-order valence-corrected chi connectivity index (χ3v) is 6.32. The summed E-state index contributed by atoms with van der Waals surface area (Å²) in [5, 5.41) is 0. The summed E-state index contributed by atoms with van der Waals surface area (Å²) < 4.78 is -0.215. The van der Waals surface area contributed by atoms with Crippen molar-refractivity contribution in [3.63, 3.8) is 0 Å². The van der Waals surface area contributed by atoms with Crippen LogP contribution in [0.3, 0.4) is 0 Å². The third-order valence-electron chi connectivity index (χ3n) is 3.80. The Morgan fingerprint density at radius 3 is 1.56 bits per heavy atom. The van der Waals surface area contributed by atoms with E-state index in [1.54, 1.807) is 23.5 Å². The van der Waals surface area contributed by atoms with Crippen LogP contribution in [0.1, 0.15) is 21.5 Å². The Morgan fingerprint density at radius 2 is 1.12 bits per heavy atom. The number of aryl methyl sites for hydroxylation is 2. The van der Waals surface area contributed by atoms with Gasteiger partial charge in [-0.2, -0.15) is 0 Å². The van der Waals surface area contributed by atoms with Crippen molar-refractivity contribution >= 4 is 29.3 Å². The second-order valence-electron chi connectivity index (χ2n) is 5.92. The van der Waals surface area contributed by atoms with E-state index < -0.39 is 0 Å². The van der Waals surface area contributed by atoms with Gasteiger partial charge in [-0.15, -0.1) is 23.5 Å². The van der Waals surface area contributed by atoms with Crippen molar-refractivity contribution in [2.75, 3.05) is 0 Å². The first-order chi connectivity index (χ1) is 12.1. The highest BCUT2D eigenvalue weighted by atomic mass is 32.2. The van der Waals surface area contributed by atoms with Crippen LogP contribution >= 0.6 is 23.5 Å². The molecule has 0 aliphatic rings. The number of hydrogen-bond acceptors (Lipinski definition) is 3. The molecule has 0 saturated carbocycles. The zero-order valence-corrected chi connectivity index (χ0v) is 15.9. The van der Waals surface area contributed by atoms with Crippen LogP contribution < -0.4 is 0 Å². The Hall–Kier alpha value is -1.97. The minimum Gasteiger partial charge on any atom is -0.292 e. The quantitative estimate of drug-likeness (QED) is 0.286. The molecule has 0 spiro atoms. The van der Waals surface area contributed by atoms with Gasteiger partial charge in [-0.25, -0.2) is 0 Å². The van der Waals surface area contributed by atoms with E-state index in [1.165, 1.54) is 11.1 Å². The highest BCUT2D eigenvalue weighted by Gasteiger charge is 2.22. The molecule has 0 aromatic heterocycles. The summed E-state index contributed by atoms with van der Waals surface area (Å²) in [6.07, 6.45) is 0. The van der Waals surface area contributed by atoms with Crippen LogP contribution in [0.25, 0.3) is 0 Å². The predicted molar refractivity (Wildman–Crippen MR) is 109 cm³/mol. The lowest BCUT2D eigenvalue weighted by atomic mass is 10.1. The number of Topliss-reactive ketones (excluding diaryl/α,β-unsaturated/α-hetero) is 1. The average molecular weight is 365 g/mol. The number of carbonyl (C=O) groups is 1. The van der Waals surface area contributed by atoms with E-state index in [2.05, 4.69) is 62.4 Å². The number of rotatable bonds is 6. The molecule has 3 aromatic rings. The molecule has 0 aliphatic carbocycles. The molecule has 3 rings (SSSR count). The van der Waals surface area contributed by atoms with Gasteiger partial charge in [0.05, 0.1) is 0 Å². The second-order valence-corrected chi connectivity index (χ2v) is 8.58. The van der Waals surface area contributed by atoms with Crippen LogP contribution in [0.15, 0.2) is 88.7 Å². The van der Waals surface area contributed by atoms with Crippen LogP contribution in [-0.4, -0.2) is 10.4 Å². The van der Waals surface area contributed by atoms with Gasteiger partial charge in [0.15, 0.2) is 5.78 Å². The average Bonchev–Trinajstić information content (AvgIpc) is 2.65. The van der Waals surface area contributed by atoms with Crippen molar-refractivity contribution in [2.24, 2.45) is 0 Å². The Labute approximate surface area is 157 Å².